The molecular formula is C20H24N2. The van der Waals surface area contributed by atoms with Crippen LogP contribution in [0, 0.1) is 6.92 Å². The van der Waals surface area contributed by atoms with Gasteiger partial charge in [0, 0.05) is 34.7 Å². The van der Waals surface area contributed by atoms with Gasteiger partial charge in [0.05, 0.1) is 0 Å². The second-order valence-electron chi connectivity index (χ2n) is 6.32. The van der Waals surface area contributed by atoms with E-state index in [2.05, 4.69) is 92.0 Å². The van der Waals surface area contributed by atoms with E-state index < -0.39 is 0 Å². The predicted molar refractivity (Wildman–Crippen MR) is 95.4 cm³/mol. The summed E-state index contributed by atoms with van der Waals surface area (Å²) >= 11 is 0. The average Bonchev–Trinajstić information content (AvgIpc) is 2.79. The summed E-state index contributed by atoms with van der Waals surface area (Å²) in [6.07, 6.45) is 0. The van der Waals surface area contributed by atoms with Crippen LogP contribution in [-0.4, -0.2) is 30.1 Å². The lowest BCUT2D eigenvalue weighted by molar-refractivity contribution is 0.339. The number of benzene rings is 2. The normalized spacial score (nSPS) is 13.0. The van der Waals surface area contributed by atoms with Crippen molar-refractivity contribution in [3.8, 4) is 11.1 Å². The minimum absolute atomic E-state index is 0.442. The molecule has 0 aliphatic carbocycles. The van der Waals surface area contributed by atoms with Gasteiger partial charge >= 0.3 is 0 Å². The van der Waals surface area contributed by atoms with Gasteiger partial charge in [-0.05, 0) is 39.6 Å². The first-order chi connectivity index (χ1) is 10.6. The maximum Gasteiger partial charge on any atom is 0.0491 e. The number of hydrogen-bond donors (Lipinski definition) is 0. The van der Waals surface area contributed by atoms with E-state index in [-0.39, 0.29) is 0 Å². The molecule has 0 saturated heterocycles. The van der Waals surface area contributed by atoms with Crippen molar-refractivity contribution in [2.24, 2.45) is 0 Å². The Morgan fingerprint density at radius 2 is 1.59 bits per heavy atom. The van der Waals surface area contributed by atoms with Crippen LogP contribution in [0.3, 0.4) is 0 Å². The molecule has 0 N–H and O–H groups in total. The van der Waals surface area contributed by atoms with Crippen molar-refractivity contribution in [3.05, 3.63) is 60.3 Å². The van der Waals surface area contributed by atoms with E-state index in [9.17, 15) is 0 Å². The summed E-state index contributed by atoms with van der Waals surface area (Å²) in [6, 6.07) is 19.9. The monoisotopic (exact) mass is 292 g/mol. The molecule has 2 aromatic carbocycles. The molecule has 114 valence electrons. The summed E-state index contributed by atoms with van der Waals surface area (Å²) in [6.45, 7) is 5.58. The molecule has 0 bridgehead atoms. The number of likely N-dealkylation sites (N-methyl/N-ethyl adjacent to an activating group) is 1. The van der Waals surface area contributed by atoms with E-state index in [1.807, 2.05) is 0 Å². The Kier molecular flexibility index (Phi) is 4.04. The molecular weight excluding hydrogens is 268 g/mol. The number of aromatic nitrogens is 1. The molecule has 2 heteroatoms. The van der Waals surface area contributed by atoms with E-state index in [1.165, 1.54) is 27.7 Å². The molecule has 0 saturated carbocycles. The van der Waals surface area contributed by atoms with Crippen molar-refractivity contribution in [1.82, 2.24) is 9.47 Å². The van der Waals surface area contributed by atoms with Gasteiger partial charge in [0.25, 0.3) is 0 Å². The first-order valence-corrected chi connectivity index (χ1v) is 7.89. The van der Waals surface area contributed by atoms with Crippen molar-refractivity contribution < 1.29 is 0 Å². The molecule has 3 rings (SSSR count). The Balaban J connectivity index is 2.24. The lowest BCUT2D eigenvalue weighted by Crippen LogP contribution is -2.23. The van der Waals surface area contributed by atoms with Crippen molar-refractivity contribution in [2.45, 2.75) is 19.9 Å². The zero-order valence-corrected chi connectivity index (χ0v) is 13.9. The van der Waals surface area contributed by atoms with E-state index in [1.54, 1.807) is 0 Å². The maximum atomic E-state index is 2.48. The van der Waals surface area contributed by atoms with Crippen LogP contribution in [0.2, 0.25) is 0 Å². The third-order valence-corrected chi connectivity index (χ3v) is 4.29. The second-order valence-corrected chi connectivity index (χ2v) is 6.32. The molecule has 0 radical (unpaired) electrons. The highest BCUT2D eigenvalue weighted by Gasteiger charge is 2.18. The Bertz CT molecular complexity index is 769. The fourth-order valence-corrected chi connectivity index (χ4v) is 3.54. The van der Waals surface area contributed by atoms with Crippen LogP contribution in [0.15, 0.2) is 54.6 Å². The molecule has 1 atom stereocenters. The topological polar surface area (TPSA) is 8.17 Å². The van der Waals surface area contributed by atoms with Gasteiger partial charge in [-0.3, -0.25) is 0 Å². The van der Waals surface area contributed by atoms with Crippen molar-refractivity contribution in [1.29, 1.82) is 0 Å². The molecule has 0 aliphatic rings. The summed E-state index contributed by atoms with van der Waals surface area (Å²) in [7, 11) is 4.27. The molecule has 0 fully saturated rings. The van der Waals surface area contributed by atoms with Gasteiger partial charge in [-0.1, -0.05) is 48.5 Å². The fourth-order valence-electron chi connectivity index (χ4n) is 3.54. The molecule has 22 heavy (non-hydrogen) atoms. The maximum absolute atomic E-state index is 2.48. The number of fused-ring (bicyclic) bond motifs is 1. The Morgan fingerprint density at radius 3 is 2.27 bits per heavy atom. The molecule has 0 amide bonds. The van der Waals surface area contributed by atoms with Gasteiger partial charge in [0.1, 0.15) is 0 Å². The SMILES string of the molecule is Cc1c(-c2ccccc2)c2ccccc2n1C(C)CN(C)C. The van der Waals surface area contributed by atoms with Gasteiger partial charge < -0.3 is 9.47 Å². The van der Waals surface area contributed by atoms with Crippen molar-refractivity contribution in [2.75, 3.05) is 20.6 Å². The van der Waals surface area contributed by atoms with Crippen molar-refractivity contribution in [3.63, 3.8) is 0 Å². The van der Waals surface area contributed by atoms with Crippen LogP contribution in [0.1, 0.15) is 18.7 Å². The number of nitrogens with zero attached hydrogens (tertiary/aromatic N) is 2. The van der Waals surface area contributed by atoms with Crippen molar-refractivity contribution >= 4 is 10.9 Å². The lowest BCUT2D eigenvalue weighted by Gasteiger charge is -2.21. The largest absolute Gasteiger partial charge is 0.340 e. The van der Waals surface area contributed by atoms with Crippen LogP contribution in [0.5, 0.6) is 0 Å². The van der Waals surface area contributed by atoms with E-state index >= 15 is 0 Å². The average molecular weight is 292 g/mol. The first-order valence-electron chi connectivity index (χ1n) is 7.89. The molecule has 3 aromatic rings. The van der Waals surface area contributed by atoms with Crippen LogP contribution in [0.4, 0.5) is 0 Å². The van der Waals surface area contributed by atoms with Gasteiger partial charge in [-0.2, -0.15) is 0 Å². The fraction of sp³-hybridized carbons (Fsp3) is 0.300. The standard InChI is InChI=1S/C20H24N2/c1-15(14-21(3)4)22-16(2)20(17-10-6-5-7-11-17)18-12-8-9-13-19(18)22/h5-13,15H,14H2,1-4H3. The number of rotatable bonds is 4. The van der Waals surface area contributed by atoms with Gasteiger partial charge in [-0.15, -0.1) is 0 Å². The first kappa shape index (κ1) is 14.9. The highest BCUT2D eigenvalue weighted by Crippen LogP contribution is 2.36. The minimum Gasteiger partial charge on any atom is -0.340 e. The van der Waals surface area contributed by atoms with E-state index in [0.717, 1.165) is 6.54 Å². The molecule has 0 aliphatic heterocycles. The van der Waals surface area contributed by atoms with E-state index in [4.69, 9.17) is 0 Å². The van der Waals surface area contributed by atoms with Crippen LogP contribution >= 0.6 is 0 Å². The van der Waals surface area contributed by atoms with Crippen LogP contribution < -0.4 is 0 Å². The summed E-state index contributed by atoms with van der Waals surface area (Å²) in [5.41, 5.74) is 5.34. The summed E-state index contributed by atoms with van der Waals surface area (Å²) in [5.74, 6) is 0. The molecule has 2 nitrogen and oxygen atoms in total. The lowest BCUT2D eigenvalue weighted by atomic mass is 10.0. The quantitative estimate of drug-likeness (QED) is 0.674. The molecule has 1 aromatic heterocycles. The summed E-state index contributed by atoms with van der Waals surface area (Å²) in [5, 5.41) is 1.34. The number of hydrogen-bond acceptors (Lipinski definition) is 1. The van der Waals surface area contributed by atoms with Gasteiger partial charge in [-0.25, -0.2) is 0 Å². The molecule has 1 unspecified atom stereocenters. The zero-order valence-electron chi connectivity index (χ0n) is 13.9. The molecule has 1 heterocycles. The van der Waals surface area contributed by atoms with Crippen LogP contribution in [-0.2, 0) is 0 Å². The zero-order chi connectivity index (χ0) is 15.7. The highest BCUT2D eigenvalue weighted by atomic mass is 15.1. The van der Waals surface area contributed by atoms with E-state index in [0.29, 0.717) is 6.04 Å². The van der Waals surface area contributed by atoms with Crippen LogP contribution in [0.25, 0.3) is 22.0 Å². The Morgan fingerprint density at radius 1 is 0.955 bits per heavy atom. The third kappa shape index (κ3) is 2.55. The Hall–Kier alpha value is -2.06. The Labute approximate surface area is 133 Å². The second kappa shape index (κ2) is 5.98. The third-order valence-electron chi connectivity index (χ3n) is 4.29. The molecule has 0 spiro atoms. The smallest absolute Gasteiger partial charge is 0.0491 e. The number of para-hydroxylation sites is 1. The summed E-state index contributed by atoms with van der Waals surface area (Å²) < 4.78 is 2.48. The summed E-state index contributed by atoms with van der Waals surface area (Å²) in [4.78, 5) is 2.25. The predicted octanol–water partition coefficient (Wildman–Crippen LogP) is 4.74. The minimum atomic E-state index is 0.442. The van der Waals surface area contributed by atoms with Gasteiger partial charge in [0.2, 0.25) is 0 Å². The van der Waals surface area contributed by atoms with Gasteiger partial charge in [0.15, 0.2) is 0 Å². The highest BCUT2D eigenvalue weighted by molar-refractivity contribution is 5.98.